The molecule has 2 saturated heterocycles. The van der Waals surface area contributed by atoms with Gasteiger partial charge in [-0.1, -0.05) is 18.6 Å². The Morgan fingerprint density at radius 3 is 2.59 bits per heavy atom. The van der Waals surface area contributed by atoms with Gasteiger partial charge in [-0.2, -0.15) is 0 Å². The molecular formula is C21H32O8. The van der Waals surface area contributed by atoms with E-state index in [0.717, 1.165) is 18.4 Å². The first kappa shape index (κ1) is 22.4. The normalized spacial score (nSPS) is 47.4. The third kappa shape index (κ3) is 4.73. The maximum atomic E-state index is 12.1. The topological polar surface area (TPSA) is 126 Å². The summed E-state index contributed by atoms with van der Waals surface area (Å²) in [6, 6.07) is 0. The third-order valence-corrected chi connectivity index (χ3v) is 6.32. The minimum atomic E-state index is -1.49. The van der Waals surface area contributed by atoms with Gasteiger partial charge in [-0.25, -0.2) is 0 Å². The van der Waals surface area contributed by atoms with Gasteiger partial charge in [0.15, 0.2) is 6.29 Å². The highest BCUT2D eigenvalue weighted by molar-refractivity contribution is 5.75. The Labute approximate surface area is 170 Å². The Morgan fingerprint density at radius 2 is 1.90 bits per heavy atom. The molecule has 8 nitrogen and oxygen atoms in total. The standard InChI is InChI=1S/C21H32O8/c1-10-4-6-13-12(3)20(26)27-15(13)8-11(2)14(7-5-10)28-21-19(25)18(24)17(23)16(9-22)29-21/h5,8,12-19,21-25H,4,6-7,9H2,1-3H3/b10-5-,11-8+/t12-,13+,14+,15-,16-,17-,18+,19-,21-/m1/s1. The molecule has 0 aromatic carbocycles. The van der Waals surface area contributed by atoms with Gasteiger partial charge in [-0.05, 0) is 44.8 Å². The largest absolute Gasteiger partial charge is 0.458 e. The van der Waals surface area contributed by atoms with Crippen LogP contribution in [-0.4, -0.2) is 75.9 Å². The molecule has 164 valence electrons. The average molecular weight is 412 g/mol. The predicted molar refractivity (Wildman–Crippen MR) is 103 cm³/mol. The first-order chi connectivity index (χ1) is 13.7. The van der Waals surface area contributed by atoms with Gasteiger partial charge in [0.2, 0.25) is 0 Å². The van der Waals surface area contributed by atoms with Crippen molar-refractivity contribution in [3.8, 4) is 0 Å². The lowest BCUT2D eigenvalue weighted by Crippen LogP contribution is -2.59. The third-order valence-electron chi connectivity index (χ3n) is 6.32. The molecule has 0 saturated carbocycles. The first-order valence-corrected chi connectivity index (χ1v) is 10.2. The molecule has 0 amide bonds. The highest BCUT2D eigenvalue weighted by atomic mass is 16.7. The van der Waals surface area contributed by atoms with E-state index in [9.17, 15) is 25.2 Å². The number of esters is 1. The van der Waals surface area contributed by atoms with Crippen molar-refractivity contribution in [2.24, 2.45) is 11.8 Å². The monoisotopic (exact) mass is 412 g/mol. The van der Waals surface area contributed by atoms with Crippen molar-refractivity contribution in [3.05, 3.63) is 23.3 Å². The smallest absolute Gasteiger partial charge is 0.309 e. The molecule has 2 fully saturated rings. The molecule has 0 spiro atoms. The second-order valence-electron chi connectivity index (χ2n) is 8.41. The van der Waals surface area contributed by atoms with E-state index >= 15 is 0 Å². The molecule has 2 aliphatic heterocycles. The summed E-state index contributed by atoms with van der Waals surface area (Å²) in [5, 5.41) is 39.6. The molecule has 8 heteroatoms. The lowest BCUT2D eigenvalue weighted by molar-refractivity contribution is -0.308. The molecule has 9 atom stereocenters. The summed E-state index contributed by atoms with van der Waals surface area (Å²) in [5.41, 5.74) is 2.00. The quantitative estimate of drug-likeness (QED) is 0.388. The van der Waals surface area contributed by atoms with Gasteiger partial charge in [0, 0.05) is 5.92 Å². The highest BCUT2D eigenvalue weighted by Crippen LogP contribution is 2.36. The van der Waals surface area contributed by atoms with Gasteiger partial charge in [0.05, 0.1) is 18.6 Å². The fraction of sp³-hybridized carbons (Fsp3) is 0.762. The van der Waals surface area contributed by atoms with Gasteiger partial charge in [0.1, 0.15) is 30.5 Å². The molecule has 3 rings (SSSR count). The van der Waals surface area contributed by atoms with Crippen molar-refractivity contribution >= 4 is 5.97 Å². The molecule has 0 aromatic heterocycles. The van der Waals surface area contributed by atoms with E-state index in [4.69, 9.17) is 14.2 Å². The van der Waals surface area contributed by atoms with Crippen molar-refractivity contribution in [2.45, 2.75) is 82.9 Å². The molecule has 0 bridgehead atoms. The van der Waals surface area contributed by atoms with Gasteiger partial charge in [0.25, 0.3) is 0 Å². The number of hydrogen-bond acceptors (Lipinski definition) is 8. The summed E-state index contributed by atoms with van der Waals surface area (Å²) in [4.78, 5) is 12.1. The number of aliphatic hydroxyl groups excluding tert-OH is 4. The van der Waals surface area contributed by atoms with Crippen LogP contribution in [0.4, 0.5) is 0 Å². The van der Waals surface area contributed by atoms with Crippen LogP contribution >= 0.6 is 0 Å². The van der Waals surface area contributed by atoms with Crippen molar-refractivity contribution in [2.75, 3.05) is 6.61 Å². The van der Waals surface area contributed by atoms with Gasteiger partial charge in [-0.15, -0.1) is 0 Å². The first-order valence-electron chi connectivity index (χ1n) is 10.2. The summed E-state index contributed by atoms with van der Waals surface area (Å²) >= 11 is 0. The molecule has 2 heterocycles. The SMILES string of the molecule is C/C1=C/C[C@H](O[C@@H]2O[C@H](CO)[C@@H](O)[C@H](O)[C@H]2O)/C(C)=C/[C@H]2OC(=O)[C@H](C)[C@@H]2CC1. The lowest BCUT2D eigenvalue weighted by atomic mass is 9.84. The number of allylic oxidation sites excluding steroid dienone is 1. The maximum Gasteiger partial charge on any atom is 0.309 e. The minimum absolute atomic E-state index is 0.0896. The minimum Gasteiger partial charge on any atom is -0.458 e. The van der Waals surface area contributed by atoms with Gasteiger partial charge < -0.3 is 34.6 Å². The molecule has 3 aliphatic rings. The van der Waals surface area contributed by atoms with Crippen LogP contribution < -0.4 is 0 Å². The molecule has 0 unspecified atom stereocenters. The number of fused-ring (bicyclic) bond motifs is 1. The van der Waals surface area contributed by atoms with Crippen LogP contribution in [0.3, 0.4) is 0 Å². The van der Waals surface area contributed by atoms with E-state index < -0.39 is 43.4 Å². The number of carbonyl (C=O) groups excluding carboxylic acids is 1. The fourth-order valence-electron chi connectivity index (χ4n) is 4.22. The number of rotatable bonds is 3. The molecule has 1 aliphatic carbocycles. The highest BCUT2D eigenvalue weighted by Gasteiger charge is 2.45. The number of hydrogen-bond donors (Lipinski definition) is 4. The van der Waals surface area contributed by atoms with Gasteiger partial charge in [-0.3, -0.25) is 4.79 Å². The summed E-state index contributed by atoms with van der Waals surface area (Å²) in [7, 11) is 0. The van der Waals surface area contributed by atoms with Crippen LogP contribution in [0.5, 0.6) is 0 Å². The summed E-state index contributed by atoms with van der Waals surface area (Å²) < 4.78 is 17.0. The van der Waals surface area contributed by atoms with Gasteiger partial charge >= 0.3 is 5.97 Å². The fourth-order valence-corrected chi connectivity index (χ4v) is 4.22. The van der Waals surface area contributed by atoms with E-state index in [1.807, 2.05) is 26.8 Å². The predicted octanol–water partition coefficient (Wildman–Crippen LogP) is 0.426. The average Bonchev–Trinajstić information content (AvgIpc) is 2.95. The van der Waals surface area contributed by atoms with Crippen LogP contribution in [0.1, 0.15) is 40.0 Å². The Hall–Kier alpha value is -1.29. The molecular weight excluding hydrogens is 380 g/mol. The second kappa shape index (κ2) is 9.24. The van der Waals surface area contributed by atoms with Crippen molar-refractivity contribution < 1.29 is 39.4 Å². The summed E-state index contributed by atoms with van der Waals surface area (Å²) in [6.07, 6.45) is -1.25. The molecule has 29 heavy (non-hydrogen) atoms. The zero-order chi connectivity index (χ0) is 21.3. The van der Waals surface area contributed by atoms with E-state index in [1.165, 1.54) is 5.57 Å². The zero-order valence-corrected chi connectivity index (χ0v) is 17.1. The Kier molecular flexibility index (Phi) is 7.14. The molecule has 0 radical (unpaired) electrons. The summed E-state index contributed by atoms with van der Waals surface area (Å²) in [5.74, 6) is -0.274. The summed E-state index contributed by atoms with van der Waals surface area (Å²) in [6.45, 7) is 5.28. The van der Waals surface area contributed by atoms with Crippen LogP contribution in [0.15, 0.2) is 23.3 Å². The van der Waals surface area contributed by atoms with Crippen LogP contribution in [0.25, 0.3) is 0 Å². The van der Waals surface area contributed by atoms with E-state index in [1.54, 1.807) is 0 Å². The maximum absolute atomic E-state index is 12.1. The molecule has 0 aromatic rings. The Morgan fingerprint density at radius 1 is 1.17 bits per heavy atom. The lowest BCUT2D eigenvalue weighted by Gasteiger charge is -2.41. The van der Waals surface area contributed by atoms with Crippen molar-refractivity contribution in [3.63, 3.8) is 0 Å². The van der Waals surface area contributed by atoms with Crippen molar-refractivity contribution in [1.82, 2.24) is 0 Å². The number of ether oxygens (including phenoxy) is 3. The number of aliphatic hydroxyl groups is 4. The molecule has 4 N–H and O–H groups in total. The number of carbonyl (C=O) groups is 1. The van der Waals surface area contributed by atoms with Crippen molar-refractivity contribution in [1.29, 1.82) is 0 Å². The van der Waals surface area contributed by atoms with Crippen LogP contribution in [0, 0.1) is 11.8 Å². The Bertz CT molecular complexity index is 657. The second-order valence-corrected chi connectivity index (χ2v) is 8.41. The van der Waals surface area contributed by atoms with E-state index in [0.29, 0.717) is 6.42 Å². The van der Waals surface area contributed by atoms with E-state index in [-0.39, 0.29) is 23.9 Å². The van der Waals surface area contributed by atoms with Crippen LogP contribution in [-0.2, 0) is 19.0 Å². The van der Waals surface area contributed by atoms with E-state index in [2.05, 4.69) is 6.08 Å². The Balaban J connectivity index is 1.82. The van der Waals surface area contributed by atoms with Crippen LogP contribution in [0.2, 0.25) is 0 Å². The zero-order valence-electron chi connectivity index (χ0n) is 17.1.